The molecule has 23 heavy (non-hydrogen) atoms. The Kier molecular flexibility index (Phi) is 4.21. The van der Waals surface area contributed by atoms with Crippen molar-refractivity contribution in [3.8, 4) is 5.75 Å². The minimum absolute atomic E-state index is 0.462. The van der Waals surface area contributed by atoms with Crippen LogP contribution in [-0.2, 0) is 16.6 Å². The summed E-state index contributed by atoms with van der Waals surface area (Å²) in [7, 11) is -3.33. The molecule has 0 heterocycles. The first-order valence-electron chi connectivity index (χ1n) is 7.19. The molecule has 0 saturated heterocycles. The minimum atomic E-state index is -3.33. The van der Waals surface area contributed by atoms with Gasteiger partial charge in [-0.3, -0.25) is 4.72 Å². The Morgan fingerprint density at radius 1 is 0.870 bits per heavy atom. The monoisotopic (exact) mass is 327 g/mol. The molecule has 3 aromatic carbocycles. The predicted molar refractivity (Wildman–Crippen MR) is 93.2 cm³/mol. The van der Waals surface area contributed by atoms with Crippen LogP contribution < -0.4 is 9.46 Å². The zero-order chi connectivity index (χ0) is 16.3. The van der Waals surface area contributed by atoms with Gasteiger partial charge in [0.05, 0.1) is 11.9 Å². The second-order valence-corrected chi connectivity index (χ2v) is 7.05. The molecule has 0 bridgehead atoms. The van der Waals surface area contributed by atoms with Crippen LogP contribution in [0.5, 0.6) is 5.75 Å². The lowest BCUT2D eigenvalue weighted by atomic mass is 10.1. The van der Waals surface area contributed by atoms with Crippen LogP contribution in [0, 0.1) is 0 Å². The van der Waals surface area contributed by atoms with Crippen LogP contribution in [0.1, 0.15) is 5.56 Å². The smallest absolute Gasteiger partial charge is 0.229 e. The Balaban J connectivity index is 1.94. The molecule has 1 N–H and O–H groups in total. The third-order valence-electron chi connectivity index (χ3n) is 3.41. The number of anilines is 1. The van der Waals surface area contributed by atoms with Gasteiger partial charge in [-0.2, -0.15) is 0 Å². The van der Waals surface area contributed by atoms with Gasteiger partial charge in [0.25, 0.3) is 0 Å². The largest absolute Gasteiger partial charge is 0.488 e. The summed E-state index contributed by atoms with van der Waals surface area (Å²) in [5.41, 5.74) is 1.63. The van der Waals surface area contributed by atoms with E-state index in [1.807, 2.05) is 60.7 Å². The maximum atomic E-state index is 11.5. The zero-order valence-corrected chi connectivity index (χ0v) is 13.5. The van der Waals surface area contributed by atoms with Gasteiger partial charge < -0.3 is 4.74 Å². The topological polar surface area (TPSA) is 55.4 Å². The van der Waals surface area contributed by atoms with E-state index in [0.29, 0.717) is 12.3 Å². The summed E-state index contributed by atoms with van der Waals surface area (Å²) in [6.45, 7) is 0.462. The number of rotatable bonds is 5. The summed E-state index contributed by atoms with van der Waals surface area (Å²) < 4.78 is 31.5. The predicted octanol–water partition coefficient (Wildman–Crippen LogP) is 3.79. The first-order chi connectivity index (χ1) is 11.0. The van der Waals surface area contributed by atoms with Gasteiger partial charge in [-0.1, -0.05) is 54.6 Å². The molecule has 0 unspecified atom stereocenters. The lowest BCUT2D eigenvalue weighted by molar-refractivity contribution is 0.310. The van der Waals surface area contributed by atoms with Crippen molar-refractivity contribution in [3.63, 3.8) is 0 Å². The van der Waals surface area contributed by atoms with Crippen LogP contribution in [0.2, 0.25) is 0 Å². The summed E-state index contributed by atoms with van der Waals surface area (Å²) in [5.74, 6) is 0.725. The molecule has 0 radical (unpaired) electrons. The number of benzene rings is 3. The number of nitrogens with one attached hydrogen (secondary N) is 1. The van der Waals surface area contributed by atoms with E-state index in [-0.39, 0.29) is 0 Å². The average molecular weight is 327 g/mol. The van der Waals surface area contributed by atoms with E-state index >= 15 is 0 Å². The summed E-state index contributed by atoms with van der Waals surface area (Å²) in [6.07, 6.45) is 1.14. The summed E-state index contributed by atoms with van der Waals surface area (Å²) in [4.78, 5) is 0. The normalized spacial score (nSPS) is 11.3. The molecule has 0 aliphatic carbocycles. The highest BCUT2D eigenvalue weighted by atomic mass is 32.2. The Morgan fingerprint density at radius 2 is 1.57 bits per heavy atom. The molecule has 0 saturated carbocycles. The van der Waals surface area contributed by atoms with Crippen molar-refractivity contribution in [3.05, 3.63) is 72.3 Å². The lowest BCUT2D eigenvalue weighted by Crippen LogP contribution is -2.09. The van der Waals surface area contributed by atoms with E-state index in [9.17, 15) is 8.42 Å². The summed E-state index contributed by atoms with van der Waals surface area (Å²) in [5, 5.41) is 1.68. The molecule has 0 aliphatic heterocycles. The Bertz CT molecular complexity index is 921. The fourth-order valence-corrected chi connectivity index (χ4v) is 3.01. The summed E-state index contributed by atoms with van der Waals surface area (Å²) >= 11 is 0. The highest BCUT2D eigenvalue weighted by Gasteiger charge is 2.09. The number of hydrogen-bond acceptors (Lipinski definition) is 3. The molecule has 0 atom stereocenters. The Labute approximate surface area is 135 Å². The van der Waals surface area contributed by atoms with Gasteiger partial charge in [-0.15, -0.1) is 0 Å². The van der Waals surface area contributed by atoms with Crippen molar-refractivity contribution in [1.29, 1.82) is 0 Å². The molecular formula is C18H17NO3S. The molecule has 0 aliphatic rings. The summed E-state index contributed by atoms with van der Waals surface area (Å²) in [6, 6.07) is 21.0. The SMILES string of the molecule is CS(=O)(=O)Nc1cccc2c(OCc3ccccc3)cccc12. The van der Waals surface area contributed by atoms with Crippen molar-refractivity contribution < 1.29 is 13.2 Å². The number of ether oxygens (including phenoxy) is 1. The molecule has 3 aromatic rings. The van der Waals surface area contributed by atoms with Gasteiger partial charge in [0.2, 0.25) is 10.0 Å². The van der Waals surface area contributed by atoms with Crippen LogP contribution in [0.3, 0.4) is 0 Å². The molecule has 118 valence electrons. The fraction of sp³-hybridized carbons (Fsp3) is 0.111. The molecule has 0 fully saturated rings. The van der Waals surface area contributed by atoms with Crippen molar-refractivity contribution >= 4 is 26.5 Å². The first-order valence-corrected chi connectivity index (χ1v) is 9.08. The molecule has 5 heteroatoms. The standard InChI is InChI=1S/C18H17NO3S/c1-23(20,21)19-17-11-5-10-16-15(17)9-6-12-18(16)22-13-14-7-3-2-4-8-14/h2-12,19H,13H2,1H3. The van der Waals surface area contributed by atoms with Crippen molar-refractivity contribution in [2.24, 2.45) is 0 Å². The van der Waals surface area contributed by atoms with Crippen molar-refractivity contribution in [2.75, 3.05) is 11.0 Å². The van der Waals surface area contributed by atoms with E-state index in [2.05, 4.69) is 4.72 Å². The second kappa shape index (κ2) is 6.30. The average Bonchev–Trinajstić information content (AvgIpc) is 2.53. The second-order valence-electron chi connectivity index (χ2n) is 5.31. The molecule has 4 nitrogen and oxygen atoms in total. The first kappa shape index (κ1) is 15.4. The molecular weight excluding hydrogens is 310 g/mol. The van der Waals surface area contributed by atoms with Crippen molar-refractivity contribution in [2.45, 2.75) is 6.61 Å². The van der Waals surface area contributed by atoms with Crippen molar-refractivity contribution in [1.82, 2.24) is 0 Å². The molecule has 0 amide bonds. The van der Waals surface area contributed by atoms with Gasteiger partial charge >= 0.3 is 0 Å². The van der Waals surface area contributed by atoms with Crippen LogP contribution in [0.25, 0.3) is 10.8 Å². The van der Waals surface area contributed by atoms with Crippen LogP contribution in [0.4, 0.5) is 5.69 Å². The Morgan fingerprint density at radius 3 is 2.30 bits per heavy atom. The number of sulfonamides is 1. The van der Waals surface area contributed by atoms with Gasteiger partial charge in [-0.25, -0.2) is 8.42 Å². The number of fused-ring (bicyclic) bond motifs is 1. The number of hydrogen-bond donors (Lipinski definition) is 1. The van der Waals surface area contributed by atoms with Gasteiger partial charge in [0.1, 0.15) is 12.4 Å². The maximum Gasteiger partial charge on any atom is 0.229 e. The fourth-order valence-electron chi connectivity index (χ4n) is 2.43. The molecule has 0 aromatic heterocycles. The van der Waals surface area contributed by atoms with E-state index in [1.54, 1.807) is 6.07 Å². The van der Waals surface area contributed by atoms with E-state index in [4.69, 9.17) is 4.74 Å². The highest BCUT2D eigenvalue weighted by Crippen LogP contribution is 2.31. The van der Waals surface area contributed by atoms with Gasteiger partial charge in [0, 0.05) is 10.8 Å². The van der Waals surface area contributed by atoms with Crippen LogP contribution in [0.15, 0.2) is 66.7 Å². The lowest BCUT2D eigenvalue weighted by Gasteiger charge is -2.12. The van der Waals surface area contributed by atoms with E-state index in [1.165, 1.54) is 0 Å². The maximum absolute atomic E-state index is 11.5. The zero-order valence-electron chi connectivity index (χ0n) is 12.7. The van der Waals surface area contributed by atoms with Crippen LogP contribution in [-0.4, -0.2) is 14.7 Å². The molecule has 0 spiro atoms. The third-order valence-corrected chi connectivity index (χ3v) is 4.01. The minimum Gasteiger partial charge on any atom is -0.488 e. The quantitative estimate of drug-likeness (QED) is 0.775. The Hall–Kier alpha value is -2.53. The van der Waals surface area contributed by atoms with Gasteiger partial charge in [-0.05, 0) is 17.7 Å². The van der Waals surface area contributed by atoms with Gasteiger partial charge in [0.15, 0.2) is 0 Å². The third kappa shape index (κ3) is 3.81. The molecule has 3 rings (SSSR count). The van der Waals surface area contributed by atoms with E-state index in [0.717, 1.165) is 28.3 Å². The van der Waals surface area contributed by atoms with E-state index < -0.39 is 10.0 Å². The van der Waals surface area contributed by atoms with Crippen LogP contribution >= 0.6 is 0 Å². The highest BCUT2D eigenvalue weighted by molar-refractivity contribution is 7.92.